The Bertz CT molecular complexity index is 677. The number of halogens is 1. The van der Waals surface area contributed by atoms with E-state index in [1.54, 1.807) is 12.3 Å². The van der Waals surface area contributed by atoms with Crippen LogP contribution in [0.5, 0.6) is 5.75 Å². The first-order valence-corrected chi connectivity index (χ1v) is 8.49. The number of nitrogens with one attached hydrogen (secondary N) is 2. The second kappa shape index (κ2) is 8.02. The number of guanidine groups is 1. The minimum atomic E-state index is 0.128. The van der Waals surface area contributed by atoms with Crippen molar-refractivity contribution >= 4 is 17.6 Å². The summed E-state index contributed by atoms with van der Waals surface area (Å²) in [6, 6.07) is 11.9. The van der Waals surface area contributed by atoms with Crippen LogP contribution in [0.15, 0.2) is 47.6 Å². The van der Waals surface area contributed by atoms with Crippen molar-refractivity contribution in [3.63, 3.8) is 0 Å². The molecule has 1 aliphatic rings. The van der Waals surface area contributed by atoms with Gasteiger partial charge in [0.2, 0.25) is 0 Å². The van der Waals surface area contributed by atoms with Crippen molar-refractivity contribution in [2.45, 2.75) is 26.0 Å². The molecule has 0 amide bonds. The van der Waals surface area contributed by atoms with Gasteiger partial charge >= 0.3 is 0 Å². The molecule has 1 aromatic carbocycles. The Hall–Kier alpha value is -2.27. The summed E-state index contributed by atoms with van der Waals surface area (Å²) in [5.41, 5.74) is 2.28. The van der Waals surface area contributed by atoms with Crippen LogP contribution >= 0.6 is 11.6 Å². The van der Waals surface area contributed by atoms with Crippen molar-refractivity contribution in [2.24, 2.45) is 4.99 Å². The number of hydrogen-bond donors (Lipinski definition) is 2. The summed E-state index contributed by atoms with van der Waals surface area (Å²) in [5.74, 6) is 1.76. The minimum absolute atomic E-state index is 0.128. The molecular formula is C18H21ClN4O. The summed E-state index contributed by atoms with van der Waals surface area (Å²) >= 11 is 5.80. The van der Waals surface area contributed by atoms with Gasteiger partial charge in [-0.3, -0.25) is 0 Å². The quantitative estimate of drug-likeness (QED) is 0.497. The first-order valence-electron chi connectivity index (χ1n) is 8.11. The molecule has 0 fully saturated rings. The van der Waals surface area contributed by atoms with Crippen LogP contribution in [0.2, 0.25) is 5.15 Å². The summed E-state index contributed by atoms with van der Waals surface area (Å²) in [4.78, 5) is 8.65. The molecule has 1 aliphatic heterocycles. The molecule has 2 N–H and O–H groups in total. The highest BCUT2D eigenvalue weighted by atomic mass is 35.5. The molecule has 2 aromatic rings. The number of pyridine rings is 1. The lowest BCUT2D eigenvalue weighted by molar-refractivity contribution is 0.235. The monoisotopic (exact) mass is 344 g/mol. The number of aliphatic imine (C=N–C) groups is 1. The van der Waals surface area contributed by atoms with E-state index >= 15 is 0 Å². The second-order valence-corrected chi connectivity index (χ2v) is 6.00. The third-order valence-corrected chi connectivity index (χ3v) is 3.99. The molecule has 0 spiro atoms. The van der Waals surface area contributed by atoms with Crippen LogP contribution in [0, 0.1) is 0 Å². The number of nitrogens with zero attached hydrogens (tertiary/aromatic N) is 2. The molecule has 5 nitrogen and oxygen atoms in total. The van der Waals surface area contributed by atoms with E-state index in [4.69, 9.17) is 16.3 Å². The molecule has 24 heavy (non-hydrogen) atoms. The average molecular weight is 345 g/mol. The van der Waals surface area contributed by atoms with Gasteiger partial charge in [0.05, 0.1) is 13.1 Å². The third-order valence-electron chi connectivity index (χ3n) is 3.76. The SMILES string of the molecule is CCNC(=NCc1ccc(Cl)nc1)NCC1Cc2ccccc2O1. The van der Waals surface area contributed by atoms with Crippen LogP contribution in [-0.2, 0) is 13.0 Å². The lowest BCUT2D eigenvalue weighted by atomic mass is 10.1. The topological polar surface area (TPSA) is 58.5 Å². The summed E-state index contributed by atoms with van der Waals surface area (Å²) in [7, 11) is 0. The van der Waals surface area contributed by atoms with Gasteiger partial charge in [0.1, 0.15) is 17.0 Å². The highest BCUT2D eigenvalue weighted by molar-refractivity contribution is 6.29. The summed E-state index contributed by atoms with van der Waals surface area (Å²) in [5, 5.41) is 7.08. The van der Waals surface area contributed by atoms with Gasteiger partial charge in [0.25, 0.3) is 0 Å². The van der Waals surface area contributed by atoms with Crippen molar-refractivity contribution in [1.29, 1.82) is 0 Å². The zero-order valence-corrected chi connectivity index (χ0v) is 14.4. The highest BCUT2D eigenvalue weighted by Crippen LogP contribution is 2.27. The van der Waals surface area contributed by atoms with Crippen molar-refractivity contribution in [1.82, 2.24) is 15.6 Å². The van der Waals surface area contributed by atoms with E-state index < -0.39 is 0 Å². The smallest absolute Gasteiger partial charge is 0.191 e. The predicted molar refractivity (Wildman–Crippen MR) is 96.6 cm³/mol. The van der Waals surface area contributed by atoms with Crippen molar-refractivity contribution in [3.05, 3.63) is 58.9 Å². The molecule has 126 valence electrons. The molecule has 0 aliphatic carbocycles. The standard InChI is InChI=1S/C18H21ClN4O/c1-2-20-18(22-11-13-7-8-17(19)21-10-13)23-12-15-9-14-5-3-4-6-16(14)24-15/h3-8,10,15H,2,9,11-12H2,1H3,(H2,20,22,23). The molecule has 6 heteroatoms. The van der Waals surface area contributed by atoms with Gasteiger partial charge < -0.3 is 15.4 Å². The normalized spacial score (nSPS) is 16.4. The largest absolute Gasteiger partial charge is 0.488 e. The summed E-state index contributed by atoms with van der Waals surface area (Å²) in [6.45, 7) is 4.10. The van der Waals surface area contributed by atoms with Gasteiger partial charge in [-0.1, -0.05) is 35.9 Å². The lowest BCUT2D eigenvalue weighted by Crippen LogP contribution is -2.42. The number of fused-ring (bicyclic) bond motifs is 1. The Labute approximate surface area is 147 Å². The van der Waals surface area contributed by atoms with Crippen LogP contribution in [0.25, 0.3) is 0 Å². The number of para-hydroxylation sites is 1. The second-order valence-electron chi connectivity index (χ2n) is 5.62. The van der Waals surface area contributed by atoms with E-state index in [1.165, 1.54) is 5.56 Å². The zero-order chi connectivity index (χ0) is 16.8. The molecule has 0 radical (unpaired) electrons. The van der Waals surface area contributed by atoms with Gasteiger partial charge in [0, 0.05) is 19.2 Å². The van der Waals surface area contributed by atoms with E-state index in [-0.39, 0.29) is 6.10 Å². The van der Waals surface area contributed by atoms with E-state index in [0.717, 1.165) is 30.2 Å². The van der Waals surface area contributed by atoms with Crippen LogP contribution in [0.3, 0.4) is 0 Å². The highest BCUT2D eigenvalue weighted by Gasteiger charge is 2.22. The molecule has 1 atom stereocenters. The molecule has 0 saturated heterocycles. The fourth-order valence-corrected chi connectivity index (χ4v) is 2.70. The molecule has 1 unspecified atom stereocenters. The van der Waals surface area contributed by atoms with Gasteiger partial charge in [0.15, 0.2) is 5.96 Å². The minimum Gasteiger partial charge on any atom is -0.488 e. The van der Waals surface area contributed by atoms with E-state index in [2.05, 4.69) is 26.7 Å². The first kappa shape index (κ1) is 16.6. The molecular weight excluding hydrogens is 324 g/mol. The van der Waals surface area contributed by atoms with E-state index in [1.807, 2.05) is 31.2 Å². The third kappa shape index (κ3) is 4.38. The molecule has 0 saturated carbocycles. The Morgan fingerprint density at radius 3 is 2.92 bits per heavy atom. The van der Waals surface area contributed by atoms with E-state index in [9.17, 15) is 0 Å². The average Bonchev–Trinajstić information content (AvgIpc) is 3.02. The number of ether oxygens (including phenoxy) is 1. The van der Waals surface area contributed by atoms with Gasteiger partial charge in [-0.2, -0.15) is 0 Å². The Morgan fingerprint density at radius 1 is 1.29 bits per heavy atom. The van der Waals surface area contributed by atoms with Crippen LogP contribution in [-0.4, -0.2) is 30.1 Å². The number of benzene rings is 1. The van der Waals surface area contributed by atoms with E-state index in [0.29, 0.717) is 18.2 Å². The van der Waals surface area contributed by atoms with Crippen LogP contribution in [0.4, 0.5) is 0 Å². The maximum atomic E-state index is 5.94. The summed E-state index contributed by atoms with van der Waals surface area (Å²) < 4.78 is 5.94. The molecule has 3 rings (SSSR count). The molecule has 2 heterocycles. The van der Waals surface area contributed by atoms with Crippen molar-refractivity contribution in [2.75, 3.05) is 13.1 Å². The predicted octanol–water partition coefficient (Wildman–Crippen LogP) is 2.79. The van der Waals surface area contributed by atoms with Gasteiger partial charge in [-0.25, -0.2) is 9.98 Å². The Kier molecular flexibility index (Phi) is 5.54. The van der Waals surface area contributed by atoms with Crippen LogP contribution in [0.1, 0.15) is 18.1 Å². The number of hydrogen-bond acceptors (Lipinski definition) is 3. The lowest BCUT2D eigenvalue weighted by Gasteiger charge is -2.15. The maximum Gasteiger partial charge on any atom is 0.191 e. The first-order chi connectivity index (χ1) is 11.7. The number of aromatic nitrogens is 1. The van der Waals surface area contributed by atoms with Crippen molar-refractivity contribution < 1.29 is 4.74 Å². The molecule has 1 aromatic heterocycles. The van der Waals surface area contributed by atoms with Crippen LogP contribution < -0.4 is 15.4 Å². The maximum absolute atomic E-state index is 5.94. The Morgan fingerprint density at radius 2 is 2.17 bits per heavy atom. The Balaban J connectivity index is 1.54. The summed E-state index contributed by atoms with van der Waals surface area (Å²) in [6.07, 6.45) is 2.79. The fourth-order valence-electron chi connectivity index (χ4n) is 2.59. The van der Waals surface area contributed by atoms with Gasteiger partial charge in [-0.05, 0) is 30.2 Å². The fraction of sp³-hybridized carbons (Fsp3) is 0.333. The molecule has 0 bridgehead atoms. The number of rotatable bonds is 5. The van der Waals surface area contributed by atoms with Gasteiger partial charge in [-0.15, -0.1) is 0 Å². The zero-order valence-electron chi connectivity index (χ0n) is 13.6. The van der Waals surface area contributed by atoms with Crippen molar-refractivity contribution in [3.8, 4) is 5.75 Å².